The maximum absolute atomic E-state index is 12.9. The van der Waals surface area contributed by atoms with E-state index in [1.165, 1.54) is 24.2 Å². The highest BCUT2D eigenvalue weighted by atomic mass is 32.1. The highest BCUT2D eigenvalue weighted by Gasteiger charge is 2.17. The number of aromatic nitrogens is 3. The first-order valence-electron chi connectivity index (χ1n) is 11.4. The molecule has 1 amide bonds. The van der Waals surface area contributed by atoms with Crippen molar-refractivity contribution in [2.45, 2.75) is 26.7 Å². The van der Waals surface area contributed by atoms with Crippen LogP contribution in [0.2, 0.25) is 0 Å². The van der Waals surface area contributed by atoms with Crippen molar-refractivity contribution in [2.24, 2.45) is 0 Å². The van der Waals surface area contributed by atoms with Gasteiger partial charge in [-0.05, 0) is 51.0 Å². The lowest BCUT2D eigenvalue weighted by atomic mass is 10.2. The van der Waals surface area contributed by atoms with E-state index in [1.807, 2.05) is 74.5 Å². The fraction of sp³-hybridized carbons (Fsp3) is 0.231. The predicted molar refractivity (Wildman–Crippen MR) is 138 cm³/mol. The van der Waals surface area contributed by atoms with Gasteiger partial charge in [0.25, 0.3) is 5.91 Å². The summed E-state index contributed by atoms with van der Waals surface area (Å²) in [7, 11) is 0. The summed E-state index contributed by atoms with van der Waals surface area (Å²) in [6.45, 7) is 5.85. The Hall–Kier alpha value is -3.78. The second-order valence-corrected chi connectivity index (χ2v) is 9.31. The Morgan fingerprint density at radius 3 is 2.35 bits per heavy atom. The topological polar surface area (TPSA) is 83.0 Å². The van der Waals surface area contributed by atoms with E-state index in [4.69, 9.17) is 0 Å². The zero-order valence-electron chi connectivity index (χ0n) is 19.2. The molecule has 2 N–H and O–H groups in total. The van der Waals surface area contributed by atoms with Crippen LogP contribution in [-0.4, -0.2) is 33.9 Å². The first kappa shape index (κ1) is 22.0. The lowest BCUT2D eigenvalue weighted by molar-refractivity contribution is 0.103. The molecule has 0 unspecified atom stereocenters. The number of anilines is 4. The molecule has 0 aliphatic carbocycles. The minimum Gasteiger partial charge on any atom is -0.356 e. The summed E-state index contributed by atoms with van der Waals surface area (Å²) in [5.41, 5.74) is 3.36. The molecular weight excluding hydrogens is 444 g/mol. The lowest BCUT2D eigenvalue weighted by Crippen LogP contribution is -2.19. The van der Waals surface area contributed by atoms with E-state index in [9.17, 15) is 4.79 Å². The molecule has 8 heteroatoms. The Balaban J connectivity index is 1.26. The summed E-state index contributed by atoms with van der Waals surface area (Å²) in [6.07, 6.45) is 2.40. The number of hydrogen-bond donors (Lipinski definition) is 2. The van der Waals surface area contributed by atoms with Gasteiger partial charge in [0.15, 0.2) is 0 Å². The molecule has 3 heterocycles. The number of carbonyl (C=O) groups excluding carboxylic acids is 1. The van der Waals surface area contributed by atoms with E-state index < -0.39 is 0 Å². The molecule has 0 spiro atoms. The molecule has 0 saturated carbocycles. The summed E-state index contributed by atoms with van der Waals surface area (Å²) in [5, 5.41) is 7.18. The summed E-state index contributed by atoms with van der Waals surface area (Å²) in [5.74, 6) is 2.32. The van der Waals surface area contributed by atoms with Crippen LogP contribution in [0.3, 0.4) is 0 Å². The molecule has 2 aromatic carbocycles. The summed E-state index contributed by atoms with van der Waals surface area (Å²) < 4.78 is 0. The van der Waals surface area contributed by atoms with Gasteiger partial charge in [-0.15, -0.1) is 11.3 Å². The van der Waals surface area contributed by atoms with Crippen LogP contribution < -0.4 is 15.5 Å². The number of thiazole rings is 1. The zero-order valence-corrected chi connectivity index (χ0v) is 20.0. The monoisotopic (exact) mass is 470 g/mol. The molecule has 4 aromatic rings. The summed E-state index contributed by atoms with van der Waals surface area (Å²) in [4.78, 5) is 29.5. The Morgan fingerprint density at radius 2 is 1.62 bits per heavy atom. The number of benzene rings is 2. The maximum atomic E-state index is 12.9. The molecule has 0 bridgehead atoms. The van der Waals surface area contributed by atoms with Gasteiger partial charge in [0.2, 0.25) is 0 Å². The quantitative estimate of drug-likeness (QED) is 0.370. The second-order valence-electron chi connectivity index (χ2n) is 8.31. The normalized spacial score (nSPS) is 13.2. The summed E-state index contributed by atoms with van der Waals surface area (Å²) >= 11 is 1.40. The van der Waals surface area contributed by atoms with Crippen LogP contribution in [0.1, 0.15) is 34.0 Å². The number of amides is 1. The van der Waals surface area contributed by atoms with Gasteiger partial charge in [-0.1, -0.05) is 30.3 Å². The molecule has 5 rings (SSSR count). The Kier molecular flexibility index (Phi) is 6.22. The molecule has 0 atom stereocenters. The Morgan fingerprint density at radius 1 is 0.912 bits per heavy atom. The number of nitrogens with one attached hydrogen (secondary N) is 2. The number of carbonyl (C=O) groups is 1. The van der Waals surface area contributed by atoms with E-state index >= 15 is 0 Å². The van der Waals surface area contributed by atoms with Crippen molar-refractivity contribution in [3.05, 3.63) is 77.1 Å². The average Bonchev–Trinajstić information content (AvgIpc) is 3.51. The molecule has 1 aliphatic heterocycles. The van der Waals surface area contributed by atoms with Gasteiger partial charge in [0.1, 0.15) is 27.3 Å². The van der Waals surface area contributed by atoms with Gasteiger partial charge >= 0.3 is 0 Å². The van der Waals surface area contributed by atoms with E-state index in [2.05, 4.69) is 30.5 Å². The maximum Gasteiger partial charge on any atom is 0.267 e. The van der Waals surface area contributed by atoms with Crippen molar-refractivity contribution in [2.75, 3.05) is 28.6 Å². The molecule has 172 valence electrons. The van der Waals surface area contributed by atoms with E-state index in [0.29, 0.717) is 4.88 Å². The Bertz CT molecular complexity index is 1300. The largest absolute Gasteiger partial charge is 0.356 e. The van der Waals surface area contributed by atoms with Crippen molar-refractivity contribution in [3.63, 3.8) is 0 Å². The second kappa shape index (κ2) is 9.61. The number of hydrogen-bond acceptors (Lipinski definition) is 7. The fourth-order valence-corrected chi connectivity index (χ4v) is 4.98. The molecule has 1 saturated heterocycles. The van der Waals surface area contributed by atoms with Gasteiger partial charge < -0.3 is 15.5 Å². The van der Waals surface area contributed by atoms with Gasteiger partial charge in [-0.25, -0.2) is 15.0 Å². The van der Waals surface area contributed by atoms with Crippen molar-refractivity contribution >= 4 is 40.3 Å². The van der Waals surface area contributed by atoms with Crippen molar-refractivity contribution in [3.8, 4) is 10.6 Å². The minimum atomic E-state index is -0.153. The van der Waals surface area contributed by atoms with Crippen LogP contribution in [0, 0.1) is 13.8 Å². The SMILES string of the molecule is Cc1nc(Nc2ccc(NC(=O)c3sc(-c4ccccc4)nc3C)cc2)cc(N2CCCC2)n1. The van der Waals surface area contributed by atoms with Gasteiger partial charge in [-0.3, -0.25) is 4.79 Å². The molecule has 2 aromatic heterocycles. The van der Waals surface area contributed by atoms with Crippen LogP contribution in [0.4, 0.5) is 23.0 Å². The summed E-state index contributed by atoms with van der Waals surface area (Å²) in [6, 6.07) is 19.5. The average molecular weight is 471 g/mol. The van der Waals surface area contributed by atoms with Crippen LogP contribution in [0.25, 0.3) is 10.6 Å². The highest BCUT2D eigenvalue weighted by molar-refractivity contribution is 7.17. The molecule has 7 nitrogen and oxygen atoms in total. The molecule has 1 aliphatic rings. The first-order valence-corrected chi connectivity index (χ1v) is 12.2. The van der Waals surface area contributed by atoms with Crippen LogP contribution in [-0.2, 0) is 0 Å². The highest BCUT2D eigenvalue weighted by Crippen LogP contribution is 2.29. The minimum absolute atomic E-state index is 0.153. The third kappa shape index (κ3) is 4.92. The van der Waals surface area contributed by atoms with Gasteiger partial charge in [-0.2, -0.15) is 0 Å². The molecular formula is C26H26N6OS. The number of nitrogens with zero attached hydrogens (tertiary/aromatic N) is 4. The smallest absolute Gasteiger partial charge is 0.267 e. The van der Waals surface area contributed by atoms with Crippen LogP contribution >= 0.6 is 11.3 Å². The number of aryl methyl sites for hydroxylation is 2. The first-order chi connectivity index (χ1) is 16.5. The van der Waals surface area contributed by atoms with Gasteiger partial charge in [0, 0.05) is 36.1 Å². The van der Waals surface area contributed by atoms with Crippen molar-refractivity contribution < 1.29 is 4.79 Å². The zero-order chi connectivity index (χ0) is 23.5. The van der Waals surface area contributed by atoms with Crippen molar-refractivity contribution in [1.29, 1.82) is 0 Å². The molecule has 1 fully saturated rings. The third-order valence-electron chi connectivity index (χ3n) is 5.69. The standard InChI is InChI=1S/C26H26N6OS/c1-17-24(34-26(27-17)19-8-4-3-5-9-19)25(33)31-21-12-10-20(11-13-21)30-22-16-23(29-18(2)28-22)32-14-6-7-15-32/h3-5,8-13,16H,6-7,14-15H2,1-2H3,(H,31,33)(H,28,29,30). The number of rotatable bonds is 6. The van der Waals surface area contributed by atoms with E-state index in [0.717, 1.165) is 58.2 Å². The van der Waals surface area contributed by atoms with Crippen LogP contribution in [0.5, 0.6) is 0 Å². The molecule has 0 radical (unpaired) electrons. The van der Waals surface area contributed by atoms with Crippen LogP contribution in [0.15, 0.2) is 60.7 Å². The lowest BCUT2D eigenvalue weighted by Gasteiger charge is -2.18. The third-order valence-corrected chi connectivity index (χ3v) is 6.90. The van der Waals surface area contributed by atoms with Crippen molar-refractivity contribution in [1.82, 2.24) is 15.0 Å². The van der Waals surface area contributed by atoms with E-state index in [1.54, 1.807) is 0 Å². The van der Waals surface area contributed by atoms with Gasteiger partial charge in [0.05, 0.1) is 5.69 Å². The fourth-order valence-electron chi connectivity index (χ4n) is 4.01. The molecule has 34 heavy (non-hydrogen) atoms. The predicted octanol–water partition coefficient (Wildman–Crippen LogP) is 5.81. The van der Waals surface area contributed by atoms with E-state index in [-0.39, 0.29) is 5.91 Å². The Labute approximate surface area is 202 Å².